The molecule has 0 fully saturated rings. The van der Waals surface area contributed by atoms with Gasteiger partial charge >= 0.3 is 5.97 Å². The number of hydrogen-bond acceptors (Lipinski definition) is 3. The van der Waals surface area contributed by atoms with Gasteiger partial charge in [-0.3, -0.25) is 14.5 Å². The van der Waals surface area contributed by atoms with Crippen LogP contribution in [0.1, 0.15) is 36.7 Å². The van der Waals surface area contributed by atoms with Crippen molar-refractivity contribution in [1.82, 2.24) is 0 Å². The molecule has 3 aromatic rings. The van der Waals surface area contributed by atoms with E-state index in [4.69, 9.17) is 4.74 Å². The van der Waals surface area contributed by atoms with Gasteiger partial charge in [0.1, 0.15) is 41.0 Å². The van der Waals surface area contributed by atoms with Gasteiger partial charge in [-0.15, -0.1) is 0 Å². The number of aryl methyl sites for hydroxylation is 1. The number of benzene rings is 3. The highest BCUT2D eigenvalue weighted by molar-refractivity contribution is 6.09. The molecule has 0 saturated carbocycles. The molecule has 0 unspecified atom stereocenters. The van der Waals surface area contributed by atoms with Gasteiger partial charge in [-0.2, -0.15) is 0 Å². The maximum Gasteiger partial charge on any atom is 0.326 e. The third-order valence-corrected chi connectivity index (χ3v) is 4.77. The van der Waals surface area contributed by atoms with Crippen molar-refractivity contribution in [3.05, 3.63) is 89.0 Å². The summed E-state index contributed by atoms with van der Waals surface area (Å²) in [5.41, 5.74) is -0.534. The number of hydrogen-bond donors (Lipinski definition) is 0. The van der Waals surface area contributed by atoms with Crippen LogP contribution in [0.5, 0.6) is 0 Å². The molecule has 0 aromatic heterocycles. The lowest BCUT2D eigenvalue weighted by molar-refractivity contribution is -0.152. The standard InChI is InChI=1S/C26H23F4NO3/c1-15-8-9-19(20(28)10-15)16-6-5-7-18(11-16)31(14-23(32)34-26(2,3)4)25(33)24-21(29)12-17(27)13-22(24)30/h5-13H,14H2,1-4H3. The lowest BCUT2D eigenvalue weighted by atomic mass is 10.0. The minimum absolute atomic E-state index is 0.0662. The Bertz CT molecular complexity index is 1230. The van der Waals surface area contributed by atoms with Crippen LogP contribution >= 0.6 is 0 Å². The highest BCUT2D eigenvalue weighted by Gasteiger charge is 2.29. The van der Waals surface area contributed by atoms with Crippen LogP contribution in [-0.4, -0.2) is 24.0 Å². The van der Waals surface area contributed by atoms with E-state index >= 15 is 0 Å². The lowest BCUT2D eigenvalue weighted by Gasteiger charge is -2.26. The first-order chi connectivity index (χ1) is 15.9. The van der Waals surface area contributed by atoms with Gasteiger partial charge in [0.05, 0.1) is 0 Å². The second-order valence-corrected chi connectivity index (χ2v) is 8.76. The molecule has 178 valence electrons. The van der Waals surface area contributed by atoms with Crippen molar-refractivity contribution < 1.29 is 31.9 Å². The van der Waals surface area contributed by atoms with Crippen molar-refractivity contribution in [2.75, 3.05) is 11.4 Å². The number of anilines is 1. The van der Waals surface area contributed by atoms with Gasteiger partial charge in [0.25, 0.3) is 5.91 Å². The molecule has 4 nitrogen and oxygen atoms in total. The number of carbonyl (C=O) groups is 2. The summed E-state index contributed by atoms with van der Waals surface area (Å²) >= 11 is 0. The van der Waals surface area contributed by atoms with E-state index in [0.29, 0.717) is 23.3 Å². The van der Waals surface area contributed by atoms with E-state index in [1.54, 1.807) is 45.9 Å². The Balaban J connectivity index is 2.09. The summed E-state index contributed by atoms with van der Waals surface area (Å²) in [6, 6.07) is 11.3. The molecule has 8 heteroatoms. The summed E-state index contributed by atoms with van der Waals surface area (Å²) in [5.74, 6) is -6.59. The molecule has 0 aliphatic rings. The molecule has 0 aliphatic heterocycles. The van der Waals surface area contributed by atoms with Crippen LogP contribution < -0.4 is 4.90 Å². The van der Waals surface area contributed by atoms with Gasteiger partial charge in [0, 0.05) is 23.4 Å². The number of halogens is 4. The highest BCUT2D eigenvalue weighted by Crippen LogP contribution is 2.29. The smallest absolute Gasteiger partial charge is 0.326 e. The first-order valence-corrected chi connectivity index (χ1v) is 10.4. The molecule has 0 bridgehead atoms. The minimum Gasteiger partial charge on any atom is -0.459 e. The predicted octanol–water partition coefficient (Wildman–Crippen LogP) is 6.21. The summed E-state index contributed by atoms with van der Waals surface area (Å²) in [7, 11) is 0. The van der Waals surface area contributed by atoms with Crippen molar-refractivity contribution in [2.24, 2.45) is 0 Å². The summed E-state index contributed by atoms with van der Waals surface area (Å²) in [6.07, 6.45) is 0. The maximum absolute atomic E-state index is 14.5. The van der Waals surface area contributed by atoms with E-state index in [9.17, 15) is 27.2 Å². The molecule has 0 N–H and O–H groups in total. The monoisotopic (exact) mass is 473 g/mol. The Morgan fingerprint density at radius 3 is 2.12 bits per heavy atom. The largest absolute Gasteiger partial charge is 0.459 e. The number of esters is 1. The van der Waals surface area contributed by atoms with Crippen LogP contribution in [0.15, 0.2) is 54.6 Å². The van der Waals surface area contributed by atoms with E-state index < -0.39 is 52.9 Å². The number of amides is 1. The number of nitrogens with zero attached hydrogens (tertiary/aromatic N) is 1. The van der Waals surface area contributed by atoms with Gasteiger partial charge in [0.15, 0.2) is 0 Å². The van der Waals surface area contributed by atoms with Crippen LogP contribution in [0.4, 0.5) is 23.2 Å². The van der Waals surface area contributed by atoms with Crippen molar-refractivity contribution in [2.45, 2.75) is 33.3 Å². The molecule has 34 heavy (non-hydrogen) atoms. The van der Waals surface area contributed by atoms with E-state index in [2.05, 4.69) is 0 Å². The van der Waals surface area contributed by atoms with Gasteiger partial charge in [0.2, 0.25) is 0 Å². The molecule has 3 rings (SSSR count). The topological polar surface area (TPSA) is 46.6 Å². The first kappa shape index (κ1) is 25.0. The van der Waals surface area contributed by atoms with E-state index in [1.165, 1.54) is 24.3 Å². The van der Waals surface area contributed by atoms with E-state index in [1.807, 2.05) is 0 Å². The summed E-state index contributed by atoms with van der Waals surface area (Å²) in [4.78, 5) is 26.5. The number of rotatable bonds is 5. The molecule has 0 aliphatic carbocycles. The van der Waals surface area contributed by atoms with Crippen molar-refractivity contribution in [3.8, 4) is 11.1 Å². The van der Waals surface area contributed by atoms with E-state index in [0.717, 1.165) is 4.90 Å². The highest BCUT2D eigenvalue weighted by atomic mass is 19.1. The number of ether oxygens (including phenoxy) is 1. The molecule has 3 aromatic carbocycles. The molecular formula is C26H23F4NO3. The van der Waals surface area contributed by atoms with Crippen LogP contribution in [0.25, 0.3) is 11.1 Å². The maximum atomic E-state index is 14.5. The van der Waals surface area contributed by atoms with Gasteiger partial charge in [-0.1, -0.05) is 24.3 Å². The average Bonchev–Trinajstić information content (AvgIpc) is 2.70. The van der Waals surface area contributed by atoms with Gasteiger partial charge < -0.3 is 4.74 Å². The Kier molecular flexibility index (Phi) is 7.09. The average molecular weight is 473 g/mol. The summed E-state index contributed by atoms with van der Waals surface area (Å²) < 4.78 is 62.0. The minimum atomic E-state index is -1.42. The second-order valence-electron chi connectivity index (χ2n) is 8.76. The normalized spacial score (nSPS) is 11.3. The molecule has 1 amide bonds. The second kappa shape index (κ2) is 9.67. The van der Waals surface area contributed by atoms with Crippen LogP contribution in [0.3, 0.4) is 0 Å². The van der Waals surface area contributed by atoms with Crippen molar-refractivity contribution in [1.29, 1.82) is 0 Å². The Morgan fingerprint density at radius 1 is 0.882 bits per heavy atom. The Labute approximate surface area is 194 Å². The number of carbonyl (C=O) groups excluding carboxylic acids is 2. The zero-order valence-electron chi connectivity index (χ0n) is 19.1. The molecule has 0 atom stereocenters. The molecule has 0 spiro atoms. The Morgan fingerprint density at radius 2 is 1.53 bits per heavy atom. The predicted molar refractivity (Wildman–Crippen MR) is 120 cm³/mol. The molecule has 0 saturated heterocycles. The fraction of sp³-hybridized carbons (Fsp3) is 0.231. The summed E-state index contributed by atoms with van der Waals surface area (Å²) in [6.45, 7) is 5.91. The zero-order chi connectivity index (χ0) is 25.2. The molecule has 0 heterocycles. The van der Waals surface area contributed by atoms with Crippen LogP contribution in [-0.2, 0) is 9.53 Å². The Hall–Kier alpha value is -3.68. The van der Waals surface area contributed by atoms with E-state index in [-0.39, 0.29) is 11.3 Å². The van der Waals surface area contributed by atoms with Crippen molar-refractivity contribution in [3.63, 3.8) is 0 Å². The fourth-order valence-corrected chi connectivity index (χ4v) is 3.36. The summed E-state index contributed by atoms with van der Waals surface area (Å²) in [5, 5.41) is 0. The quantitative estimate of drug-likeness (QED) is 0.327. The van der Waals surface area contributed by atoms with Crippen molar-refractivity contribution >= 4 is 17.6 Å². The molecule has 0 radical (unpaired) electrons. The molecular weight excluding hydrogens is 450 g/mol. The lowest BCUT2D eigenvalue weighted by Crippen LogP contribution is -2.39. The van der Waals surface area contributed by atoms with Gasteiger partial charge in [-0.25, -0.2) is 17.6 Å². The SMILES string of the molecule is Cc1ccc(-c2cccc(N(CC(=O)OC(C)(C)C)C(=O)c3c(F)cc(F)cc3F)c2)c(F)c1. The van der Waals surface area contributed by atoms with Crippen LogP contribution in [0, 0.1) is 30.2 Å². The fourth-order valence-electron chi connectivity index (χ4n) is 3.36. The zero-order valence-corrected chi connectivity index (χ0v) is 19.1. The first-order valence-electron chi connectivity index (χ1n) is 10.4. The third-order valence-electron chi connectivity index (χ3n) is 4.77. The van der Waals surface area contributed by atoms with Gasteiger partial charge in [-0.05, 0) is 57.0 Å². The van der Waals surface area contributed by atoms with Crippen LogP contribution in [0.2, 0.25) is 0 Å². The third kappa shape index (κ3) is 5.81.